The number of ether oxygens (including phenoxy) is 1. The summed E-state index contributed by atoms with van der Waals surface area (Å²) < 4.78 is 13.6. The second-order valence-electron chi connectivity index (χ2n) is 14.5. The minimum Gasteiger partial charge on any atom is -0.444 e. The minimum absolute atomic E-state index is 0.168. The lowest BCUT2D eigenvalue weighted by Gasteiger charge is -2.39. The van der Waals surface area contributed by atoms with Gasteiger partial charge in [-0.3, -0.25) is 14.4 Å². The van der Waals surface area contributed by atoms with Crippen LogP contribution in [-0.2, 0) is 16.2 Å². The third-order valence-corrected chi connectivity index (χ3v) is 13.1. The van der Waals surface area contributed by atoms with E-state index in [9.17, 15) is 9.59 Å². The summed E-state index contributed by atoms with van der Waals surface area (Å²) in [5, 5.41) is 8.36. The Bertz CT molecular complexity index is 1520. The molecule has 4 rings (SSSR count). The maximum Gasteiger partial charge on any atom is 0.410 e. The molecule has 0 unspecified atom stereocenters. The van der Waals surface area contributed by atoms with Crippen LogP contribution in [0.25, 0.3) is 17.3 Å². The van der Waals surface area contributed by atoms with E-state index in [2.05, 4.69) is 55.2 Å². The molecule has 46 heavy (non-hydrogen) atoms. The standard InChI is InChI=1S/C35H50N6O4Si/c1-34(2,3)45-33(43)40-21-12-14-29(24-40)41(32(42)28-17-15-27(16-18-28)30-25-39(7)38-37-30)31-23-26(19-20-36-31)13-10-11-22-44-46(8,9)35(4,5)6/h10,13,15-20,23,25,29H,11-12,14,21-22,24H2,1-9H3/b13-10-/t29-/m1/s1. The smallest absolute Gasteiger partial charge is 0.410 e. The Morgan fingerprint density at radius 2 is 1.80 bits per heavy atom. The van der Waals surface area contributed by atoms with Crippen LogP contribution in [0.1, 0.15) is 76.7 Å². The van der Waals surface area contributed by atoms with E-state index in [4.69, 9.17) is 9.16 Å². The van der Waals surface area contributed by atoms with Crippen molar-refractivity contribution in [1.82, 2.24) is 24.9 Å². The van der Waals surface area contributed by atoms with Gasteiger partial charge in [-0.1, -0.05) is 50.3 Å². The molecule has 3 heterocycles. The Labute approximate surface area is 274 Å². The molecule has 0 N–H and O–H groups in total. The van der Waals surface area contributed by atoms with E-state index in [1.165, 1.54) is 0 Å². The highest BCUT2D eigenvalue weighted by molar-refractivity contribution is 6.74. The molecule has 1 atom stereocenters. The van der Waals surface area contributed by atoms with Crippen molar-refractivity contribution in [1.29, 1.82) is 0 Å². The zero-order valence-electron chi connectivity index (χ0n) is 28.9. The SMILES string of the molecule is Cn1cc(-c2ccc(C(=O)N(c3cc(/C=C\CCO[Si](C)(C)C(C)(C)C)ccn3)[C@@H]3CCCN(C(=O)OC(C)(C)C)C3)cc2)nn1. The Balaban J connectivity index is 1.58. The molecule has 10 nitrogen and oxygen atoms in total. The Hall–Kier alpha value is -3.83. The molecule has 0 bridgehead atoms. The van der Waals surface area contributed by atoms with Gasteiger partial charge in [-0.05, 0) is 88.0 Å². The van der Waals surface area contributed by atoms with Crippen molar-refractivity contribution >= 4 is 32.2 Å². The van der Waals surface area contributed by atoms with Crippen LogP contribution in [0.4, 0.5) is 10.6 Å². The van der Waals surface area contributed by atoms with Crippen LogP contribution in [0.2, 0.25) is 18.1 Å². The monoisotopic (exact) mass is 646 g/mol. The van der Waals surface area contributed by atoms with Crippen LogP contribution >= 0.6 is 0 Å². The number of hydrogen-bond donors (Lipinski definition) is 0. The first-order valence-corrected chi connectivity index (χ1v) is 19.0. The number of nitrogens with zero attached hydrogens (tertiary/aromatic N) is 6. The summed E-state index contributed by atoms with van der Waals surface area (Å²) in [6, 6.07) is 11.0. The molecule has 1 fully saturated rings. The number of pyridine rings is 1. The fourth-order valence-corrected chi connectivity index (χ4v) is 6.07. The van der Waals surface area contributed by atoms with E-state index in [1.807, 2.05) is 64.4 Å². The van der Waals surface area contributed by atoms with Crippen LogP contribution in [0, 0.1) is 0 Å². The molecule has 2 aromatic heterocycles. The van der Waals surface area contributed by atoms with E-state index >= 15 is 0 Å². The highest BCUT2D eigenvalue weighted by Gasteiger charge is 2.37. The number of likely N-dealkylation sites (tertiary alicyclic amines) is 1. The van der Waals surface area contributed by atoms with Crippen molar-refractivity contribution in [2.45, 2.75) is 90.6 Å². The number of rotatable bonds is 9. The van der Waals surface area contributed by atoms with Crippen molar-refractivity contribution in [3.8, 4) is 11.3 Å². The highest BCUT2D eigenvalue weighted by atomic mass is 28.4. The summed E-state index contributed by atoms with van der Waals surface area (Å²) in [5.41, 5.74) is 2.45. The number of carbonyl (C=O) groups is 2. The van der Waals surface area contributed by atoms with Crippen LogP contribution in [0.15, 0.2) is 54.9 Å². The van der Waals surface area contributed by atoms with E-state index in [1.54, 1.807) is 32.8 Å². The number of benzene rings is 1. The number of anilines is 1. The predicted octanol–water partition coefficient (Wildman–Crippen LogP) is 7.35. The summed E-state index contributed by atoms with van der Waals surface area (Å²) in [7, 11) is 0.0119. The summed E-state index contributed by atoms with van der Waals surface area (Å²) in [6.07, 6.45) is 9.61. The zero-order valence-corrected chi connectivity index (χ0v) is 29.9. The molecule has 2 amide bonds. The lowest BCUT2D eigenvalue weighted by atomic mass is 10.0. The number of aromatic nitrogens is 4. The van der Waals surface area contributed by atoms with Gasteiger partial charge in [0, 0.05) is 44.1 Å². The Morgan fingerprint density at radius 3 is 2.43 bits per heavy atom. The normalized spacial score (nSPS) is 16.1. The van der Waals surface area contributed by atoms with Gasteiger partial charge in [-0.25, -0.2) is 9.78 Å². The van der Waals surface area contributed by atoms with Crippen molar-refractivity contribution in [3.05, 3.63) is 66.0 Å². The first-order chi connectivity index (χ1) is 21.5. The lowest BCUT2D eigenvalue weighted by Crippen LogP contribution is -2.53. The van der Waals surface area contributed by atoms with Crippen molar-refractivity contribution < 1.29 is 18.8 Å². The summed E-state index contributed by atoms with van der Waals surface area (Å²) in [5.74, 6) is 0.358. The maximum atomic E-state index is 14.3. The zero-order chi connectivity index (χ0) is 33.7. The molecule has 1 aromatic carbocycles. The summed E-state index contributed by atoms with van der Waals surface area (Å²) in [4.78, 5) is 35.4. The number of carbonyl (C=O) groups excluding carboxylic acids is 2. The molecule has 0 radical (unpaired) electrons. The van der Waals surface area contributed by atoms with Crippen molar-refractivity contribution in [3.63, 3.8) is 0 Å². The molecule has 1 aliphatic rings. The Kier molecular flexibility index (Phi) is 10.9. The summed E-state index contributed by atoms with van der Waals surface area (Å²) in [6.45, 7) is 18.4. The van der Waals surface area contributed by atoms with Gasteiger partial charge in [0.25, 0.3) is 5.91 Å². The quantitative estimate of drug-likeness (QED) is 0.177. The third kappa shape index (κ3) is 9.13. The molecule has 3 aromatic rings. The molecular formula is C35H50N6O4Si. The molecular weight excluding hydrogens is 597 g/mol. The molecule has 1 saturated heterocycles. The predicted molar refractivity (Wildman–Crippen MR) is 185 cm³/mol. The van der Waals surface area contributed by atoms with Gasteiger partial charge in [0.2, 0.25) is 0 Å². The van der Waals surface area contributed by atoms with Gasteiger partial charge in [0.1, 0.15) is 17.1 Å². The van der Waals surface area contributed by atoms with Crippen LogP contribution < -0.4 is 4.90 Å². The fourth-order valence-electron chi connectivity index (χ4n) is 5.00. The Morgan fingerprint density at radius 1 is 1.09 bits per heavy atom. The van der Waals surface area contributed by atoms with Gasteiger partial charge in [0.05, 0.1) is 12.2 Å². The fraction of sp³-hybridized carbons (Fsp3) is 0.514. The topological polar surface area (TPSA) is 103 Å². The maximum absolute atomic E-state index is 14.3. The number of amides is 2. The van der Waals surface area contributed by atoms with Crippen LogP contribution in [0.5, 0.6) is 0 Å². The first kappa shape index (κ1) is 35.0. The average Bonchev–Trinajstić information content (AvgIpc) is 3.42. The van der Waals surface area contributed by atoms with E-state index in [0.29, 0.717) is 31.1 Å². The third-order valence-electron chi connectivity index (χ3n) is 8.54. The molecule has 0 spiro atoms. The largest absolute Gasteiger partial charge is 0.444 e. The molecule has 248 valence electrons. The van der Waals surface area contributed by atoms with Gasteiger partial charge in [-0.2, -0.15) is 0 Å². The number of piperidine rings is 1. The van der Waals surface area contributed by atoms with Gasteiger partial charge in [-0.15, -0.1) is 5.10 Å². The number of hydrogen-bond acceptors (Lipinski definition) is 7. The van der Waals surface area contributed by atoms with E-state index in [-0.39, 0.29) is 23.1 Å². The molecule has 11 heteroatoms. The second-order valence-corrected chi connectivity index (χ2v) is 19.3. The van der Waals surface area contributed by atoms with Gasteiger partial charge in [0.15, 0.2) is 8.32 Å². The molecule has 0 aliphatic carbocycles. The van der Waals surface area contributed by atoms with E-state index in [0.717, 1.165) is 36.1 Å². The average molecular weight is 647 g/mol. The molecule has 0 saturated carbocycles. The van der Waals surface area contributed by atoms with Crippen LogP contribution in [-0.4, -0.2) is 76.5 Å². The first-order valence-electron chi connectivity index (χ1n) is 16.1. The highest BCUT2D eigenvalue weighted by Crippen LogP contribution is 2.36. The van der Waals surface area contributed by atoms with E-state index < -0.39 is 13.9 Å². The van der Waals surface area contributed by atoms with Gasteiger partial charge < -0.3 is 14.1 Å². The molecule has 1 aliphatic heterocycles. The lowest BCUT2D eigenvalue weighted by molar-refractivity contribution is 0.0196. The van der Waals surface area contributed by atoms with Crippen molar-refractivity contribution in [2.75, 3.05) is 24.6 Å². The van der Waals surface area contributed by atoms with Crippen molar-refractivity contribution in [2.24, 2.45) is 7.05 Å². The second kappa shape index (κ2) is 14.3. The number of aryl methyl sites for hydroxylation is 1. The van der Waals surface area contributed by atoms with Crippen LogP contribution in [0.3, 0.4) is 0 Å². The van der Waals surface area contributed by atoms with Gasteiger partial charge >= 0.3 is 6.09 Å². The minimum atomic E-state index is -1.80. The summed E-state index contributed by atoms with van der Waals surface area (Å²) >= 11 is 0.